The van der Waals surface area contributed by atoms with Crippen molar-refractivity contribution in [3.63, 3.8) is 0 Å². The molecule has 0 bridgehead atoms. The Balaban J connectivity index is 1.64. The van der Waals surface area contributed by atoms with Gasteiger partial charge in [-0.1, -0.05) is 36.9 Å². The first-order valence-electron chi connectivity index (χ1n) is 10.7. The van der Waals surface area contributed by atoms with Gasteiger partial charge in [0.05, 0.1) is 36.9 Å². The number of aliphatic imine (C=N–C) groups is 1. The standard InChI is InChI=1S/C23H26FN3O4S/c1-3-18-20(22(29)30-2)21(16-8-4-5-9-17(16)24)27-14(13-32-23(27)26-18)11-19(28)25-12-15-7-6-10-31-15/h4-5,8-9,13,15,21H,3,6-7,10-12H2,1-2H3,(H,25,28)/t15-,21+/m0/s1. The largest absolute Gasteiger partial charge is 0.466 e. The minimum absolute atomic E-state index is 0.0464. The number of nitrogens with one attached hydrogen (secondary N) is 1. The van der Waals surface area contributed by atoms with Gasteiger partial charge in [0.1, 0.15) is 5.82 Å². The highest BCUT2D eigenvalue weighted by Gasteiger charge is 2.42. The highest BCUT2D eigenvalue weighted by atomic mass is 32.2. The molecule has 0 radical (unpaired) electrons. The molecule has 1 N–H and O–H groups in total. The molecule has 4 rings (SSSR count). The SMILES string of the molecule is CCC1=C(C(=O)OC)[C@@H](c2ccccc2F)N2C(CC(=O)NC[C@@H]3CCCO3)=CSC2=N1. The van der Waals surface area contributed by atoms with Gasteiger partial charge in [-0.2, -0.15) is 0 Å². The van der Waals surface area contributed by atoms with Gasteiger partial charge >= 0.3 is 5.97 Å². The average molecular weight is 460 g/mol. The van der Waals surface area contributed by atoms with Gasteiger partial charge in [-0.25, -0.2) is 14.2 Å². The van der Waals surface area contributed by atoms with Crippen LogP contribution in [0.25, 0.3) is 0 Å². The van der Waals surface area contributed by atoms with Crippen LogP contribution in [0.4, 0.5) is 4.39 Å². The van der Waals surface area contributed by atoms with Crippen LogP contribution in [0.5, 0.6) is 0 Å². The van der Waals surface area contributed by atoms with E-state index in [0.29, 0.717) is 35.1 Å². The van der Waals surface area contributed by atoms with Crippen LogP contribution in [0.15, 0.2) is 51.6 Å². The lowest BCUT2D eigenvalue weighted by atomic mass is 9.92. The summed E-state index contributed by atoms with van der Waals surface area (Å²) in [6.07, 6.45) is 2.56. The quantitative estimate of drug-likeness (QED) is 0.627. The molecule has 1 aromatic rings. The zero-order chi connectivity index (χ0) is 22.7. The molecular weight excluding hydrogens is 433 g/mol. The maximum absolute atomic E-state index is 14.9. The Bertz CT molecular complexity index is 1000. The number of halogens is 1. The van der Waals surface area contributed by atoms with Crippen LogP contribution in [0, 0.1) is 5.82 Å². The summed E-state index contributed by atoms with van der Waals surface area (Å²) in [6, 6.07) is 5.58. The minimum atomic E-state index is -0.765. The van der Waals surface area contributed by atoms with Crippen LogP contribution in [0.2, 0.25) is 0 Å². The van der Waals surface area contributed by atoms with E-state index in [9.17, 15) is 14.0 Å². The van der Waals surface area contributed by atoms with Gasteiger partial charge in [0.25, 0.3) is 0 Å². The van der Waals surface area contributed by atoms with Gasteiger partial charge in [0.2, 0.25) is 5.91 Å². The fraction of sp³-hybridized carbons (Fsp3) is 0.435. The fourth-order valence-electron chi connectivity index (χ4n) is 4.16. The molecule has 0 aliphatic carbocycles. The van der Waals surface area contributed by atoms with Crippen LogP contribution >= 0.6 is 11.8 Å². The van der Waals surface area contributed by atoms with Crippen molar-refractivity contribution in [2.24, 2.45) is 4.99 Å². The van der Waals surface area contributed by atoms with Crippen molar-refractivity contribution in [2.75, 3.05) is 20.3 Å². The maximum atomic E-state index is 14.9. The minimum Gasteiger partial charge on any atom is -0.466 e. The van der Waals surface area contributed by atoms with Gasteiger partial charge in [-0.15, -0.1) is 0 Å². The van der Waals surface area contributed by atoms with Crippen molar-refractivity contribution in [2.45, 2.75) is 44.8 Å². The number of nitrogens with zero attached hydrogens (tertiary/aromatic N) is 2. The fourth-order valence-corrected chi connectivity index (χ4v) is 5.10. The van der Waals surface area contributed by atoms with Crippen molar-refractivity contribution in [1.82, 2.24) is 10.2 Å². The van der Waals surface area contributed by atoms with Gasteiger partial charge < -0.3 is 19.7 Å². The third-order valence-corrected chi connectivity index (χ3v) is 6.61. The average Bonchev–Trinajstić information content (AvgIpc) is 3.46. The molecule has 7 nitrogen and oxygen atoms in total. The number of esters is 1. The highest BCUT2D eigenvalue weighted by molar-refractivity contribution is 8.16. The second-order valence-corrected chi connectivity index (χ2v) is 8.57. The molecule has 32 heavy (non-hydrogen) atoms. The number of methoxy groups -OCH3 is 1. The van der Waals surface area contributed by atoms with Gasteiger partial charge in [-0.05, 0) is 30.7 Å². The topological polar surface area (TPSA) is 80.2 Å². The molecule has 9 heteroatoms. The maximum Gasteiger partial charge on any atom is 0.338 e. The molecule has 0 saturated carbocycles. The monoisotopic (exact) mass is 459 g/mol. The first kappa shape index (κ1) is 22.5. The first-order chi connectivity index (χ1) is 15.5. The van der Waals surface area contributed by atoms with E-state index in [1.165, 1.54) is 24.9 Å². The number of carbonyl (C=O) groups is 2. The summed E-state index contributed by atoms with van der Waals surface area (Å²) in [5.41, 5.74) is 1.83. The van der Waals surface area contributed by atoms with E-state index >= 15 is 0 Å². The molecular formula is C23H26FN3O4S. The van der Waals surface area contributed by atoms with Crippen molar-refractivity contribution >= 4 is 28.8 Å². The molecule has 3 heterocycles. The van der Waals surface area contributed by atoms with Crippen LogP contribution in [-0.2, 0) is 19.1 Å². The Kier molecular flexibility index (Phi) is 6.95. The van der Waals surface area contributed by atoms with E-state index in [1.807, 2.05) is 12.3 Å². The molecule has 3 aliphatic rings. The van der Waals surface area contributed by atoms with E-state index in [2.05, 4.69) is 10.3 Å². The molecule has 1 amide bonds. The lowest BCUT2D eigenvalue weighted by molar-refractivity contribution is -0.136. The zero-order valence-electron chi connectivity index (χ0n) is 18.1. The highest BCUT2D eigenvalue weighted by Crippen LogP contribution is 2.45. The summed E-state index contributed by atoms with van der Waals surface area (Å²) in [4.78, 5) is 31.9. The Morgan fingerprint density at radius 3 is 2.88 bits per heavy atom. The Morgan fingerprint density at radius 2 is 2.19 bits per heavy atom. The van der Waals surface area contributed by atoms with Crippen LogP contribution in [0.3, 0.4) is 0 Å². The summed E-state index contributed by atoms with van der Waals surface area (Å²) >= 11 is 1.37. The lowest BCUT2D eigenvalue weighted by Crippen LogP contribution is -2.39. The summed E-state index contributed by atoms with van der Waals surface area (Å²) in [6.45, 7) is 3.08. The zero-order valence-corrected chi connectivity index (χ0v) is 18.9. The van der Waals surface area contributed by atoms with Crippen LogP contribution in [0.1, 0.15) is 44.2 Å². The summed E-state index contributed by atoms with van der Waals surface area (Å²) < 4.78 is 25.5. The Morgan fingerprint density at radius 1 is 1.38 bits per heavy atom. The smallest absolute Gasteiger partial charge is 0.338 e. The van der Waals surface area contributed by atoms with E-state index in [4.69, 9.17) is 9.47 Å². The number of amidine groups is 1. The van der Waals surface area contributed by atoms with Crippen molar-refractivity contribution in [1.29, 1.82) is 0 Å². The van der Waals surface area contributed by atoms with Gasteiger partial charge in [0.15, 0.2) is 5.17 Å². The lowest BCUT2D eigenvalue weighted by Gasteiger charge is -2.36. The van der Waals surface area contributed by atoms with E-state index in [-0.39, 0.29) is 24.0 Å². The number of fused-ring (bicyclic) bond motifs is 1. The van der Waals surface area contributed by atoms with Crippen molar-refractivity contribution < 1.29 is 23.5 Å². The molecule has 1 fully saturated rings. The predicted octanol–water partition coefficient (Wildman–Crippen LogP) is 3.65. The number of benzene rings is 1. The van der Waals surface area contributed by atoms with E-state index in [1.54, 1.807) is 23.1 Å². The molecule has 2 atom stereocenters. The molecule has 170 valence electrons. The normalized spacial score (nSPS) is 22.4. The molecule has 0 unspecified atom stereocenters. The summed E-state index contributed by atoms with van der Waals surface area (Å²) in [7, 11) is 1.30. The number of hydrogen-bond donors (Lipinski definition) is 1. The van der Waals surface area contributed by atoms with Crippen LogP contribution < -0.4 is 5.32 Å². The molecule has 0 aromatic heterocycles. The third kappa shape index (κ3) is 4.45. The number of allylic oxidation sites excluding steroid dienone is 1. The van der Waals surface area contributed by atoms with Crippen molar-refractivity contribution in [3.05, 3.63) is 58.0 Å². The molecule has 1 aromatic carbocycles. The number of ether oxygens (including phenoxy) is 2. The van der Waals surface area contributed by atoms with Crippen LogP contribution in [-0.4, -0.2) is 48.3 Å². The van der Waals surface area contributed by atoms with Gasteiger partial charge in [-0.3, -0.25) is 4.79 Å². The second-order valence-electron chi connectivity index (χ2n) is 7.74. The van der Waals surface area contributed by atoms with E-state index < -0.39 is 17.8 Å². The number of thioether (sulfide) groups is 1. The Hall–Kier alpha value is -2.65. The molecule has 1 saturated heterocycles. The van der Waals surface area contributed by atoms with Crippen molar-refractivity contribution in [3.8, 4) is 0 Å². The number of hydrogen-bond acceptors (Lipinski definition) is 7. The third-order valence-electron chi connectivity index (χ3n) is 5.72. The number of carbonyl (C=O) groups excluding carboxylic acids is 2. The predicted molar refractivity (Wildman–Crippen MR) is 120 cm³/mol. The summed E-state index contributed by atoms with van der Waals surface area (Å²) in [5, 5.41) is 5.37. The second kappa shape index (κ2) is 9.87. The first-order valence-corrected chi connectivity index (χ1v) is 11.6. The van der Waals surface area contributed by atoms with Gasteiger partial charge in [0, 0.05) is 24.4 Å². The molecule has 3 aliphatic heterocycles. The van der Waals surface area contributed by atoms with E-state index in [0.717, 1.165) is 19.4 Å². The number of rotatable bonds is 7. The number of amides is 1. The molecule has 0 spiro atoms. The summed E-state index contributed by atoms with van der Waals surface area (Å²) in [5.74, 6) is -1.16. The Labute approximate surface area is 190 Å².